The van der Waals surface area contributed by atoms with Gasteiger partial charge in [-0.25, -0.2) is 4.79 Å². The van der Waals surface area contributed by atoms with E-state index in [2.05, 4.69) is 26.6 Å². The molecule has 126 valence electrons. The van der Waals surface area contributed by atoms with Crippen LogP contribution in [-0.2, 0) is 4.79 Å². The predicted molar refractivity (Wildman–Crippen MR) is 92.8 cm³/mol. The first-order chi connectivity index (χ1) is 11.0. The topological polar surface area (TPSA) is 67.4 Å². The molecule has 0 heterocycles. The molecule has 3 amide bonds. The van der Waals surface area contributed by atoms with Crippen molar-refractivity contribution in [3.05, 3.63) is 27.7 Å². The van der Waals surface area contributed by atoms with E-state index < -0.39 is 18.0 Å². The van der Waals surface area contributed by atoms with Crippen molar-refractivity contribution in [2.75, 3.05) is 0 Å². The van der Waals surface area contributed by atoms with E-state index >= 15 is 0 Å². The summed E-state index contributed by atoms with van der Waals surface area (Å²) in [6, 6.07) is 4.78. The number of carbonyl (C=O) groups excluding carboxylic acids is 2. The highest BCUT2D eigenvalue weighted by Crippen LogP contribution is 2.28. The van der Waals surface area contributed by atoms with Gasteiger partial charge in [0.15, 0.2) is 6.10 Å². The fourth-order valence-electron chi connectivity index (χ4n) is 2.50. The lowest BCUT2D eigenvalue weighted by atomic mass is 9.96. The highest BCUT2D eigenvalue weighted by atomic mass is 79.9. The standard InChI is InChI=1S/C16H20BrClN2O3/c1-10(23-14-8-7-11(17)9-13(14)18)15(21)20-16(22)19-12-5-3-2-4-6-12/h7-10,12H,2-6H2,1H3,(H2,19,20,21,22)/t10-/m0/s1. The number of carbonyl (C=O) groups is 2. The van der Waals surface area contributed by atoms with Crippen molar-refractivity contribution in [3.63, 3.8) is 0 Å². The minimum Gasteiger partial charge on any atom is -0.479 e. The molecule has 2 N–H and O–H groups in total. The Morgan fingerprint density at radius 1 is 1.30 bits per heavy atom. The van der Waals surface area contributed by atoms with Gasteiger partial charge < -0.3 is 10.1 Å². The van der Waals surface area contributed by atoms with Crippen LogP contribution in [-0.4, -0.2) is 24.1 Å². The fourth-order valence-corrected chi connectivity index (χ4v) is 3.21. The third-order valence-corrected chi connectivity index (χ3v) is 4.53. The van der Waals surface area contributed by atoms with Crippen molar-refractivity contribution in [3.8, 4) is 5.75 Å². The Kier molecular flexibility index (Phi) is 6.72. The van der Waals surface area contributed by atoms with Gasteiger partial charge in [-0.15, -0.1) is 0 Å². The number of hydrogen-bond acceptors (Lipinski definition) is 3. The highest BCUT2D eigenvalue weighted by molar-refractivity contribution is 9.10. The average Bonchev–Trinajstić information content (AvgIpc) is 2.50. The van der Waals surface area contributed by atoms with Crippen LogP contribution in [0.1, 0.15) is 39.0 Å². The smallest absolute Gasteiger partial charge is 0.321 e. The van der Waals surface area contributed by atoms with Gasteiger partial charge in [-0.1, -0.05) is 46.8 Å². The van der Waals surface area contributed by atoms with Gasteiger partial charge in [0.05, 0.1) is 5.02 Å². The zero-order valence-corrected chi connectivity index (χ0v) is 15.2. The minimum absolute atomic E-state index is 0.147. The molecule has 1 atom stereocenters. The molecule has 0 spiro atoms. The summed E-state index contributed by atoms with van der Waals surface area (Å²) in [5, 5.41) is 5.53. The molecule has 1 saturated carbocycles. The Morgan fingerprint density at radius 2 is 2.00 bits per heavy atom. The minimum atomic E-state index is -0.828. The number of hydrogen-bond donors (Lipinski definition) is 2. The molecule has 5 nitrogen and oxygen atoms in total. The van der Waals surface area contributed by atoms with Crippen LogP contribution in [0.4, 0.5) is 4.79 Å². The number of halogens is 2. The van der Waals surface area contributed by atoms with Crippen LogP contribution in [0.2, 0.25) is 5.02 Å². The van der Waals surface area contributed by atoms with Gasteiger partial charge in [0.2, 0.25) is 0 Å². The van der Waals surface area contributed by atoms with Gasteiger partial charge in [0.1, 0.15) is 5.75 Å². The molecule has 7 heteroatoms. The van der Waals surface area contributed by atoms with Gasteiger partial charge >= 0.3 is 6.03 Å². The third-order valence-electron chi connectivity index (χ3n) is 3.74. The normalized spacial score (nSPS) is 16.5. The Bertz CT molecular complexity index is 576. The number of urea groups is 1. The molecular weight excluding hydrogens is 384 g/mol. The number of rotatable bonds is 4. The molecule has 1 aromatic carbocycles. The highest BCUT2D eigenvalue weighted by Gasteiger charge is 2.21. The van der Waals surface area contributed by atoms with Crippen LogP contribution in [0, 0.1) is 0 Å². The molecule has 0 aromatic heterocycles. The summed E-state index contributed by atoms with van der Waals surface area (Å²) in [5.74, 6) is -0.109. The third kappa shape index (κ3) is 5.70. The lowest BCUT2D eigenvalue weighted by Crippen LogP contribution is -2.48. The summed E-state index contributed by atoms with van der Waals surface area (Å²) in [6.07, 6.45) is 4.52. The number of imide groups is 1. The van der Waals surface area contributed by atoms with Crippen LogP contribution >= 0.6 is 27.5 Å². The van der Waals surface area contributed by atoms with Crippen LogP contribution in [0.5, 0.6) is 5.75 Å². The van der Waals surface area contributed by atoms with Gasteiger partial charge in [-0.05, 0) is 38.0 Å². The molecular formula is C16H20BrClN2O3. The first-order valence-electron chi connectivity index (χ1n) is 7.69. The molecule has 2 rings (SSSR count). The molecule has 0 bridgehead atoms. The molecule has 0 aliphatic heterocycles. The van der Waals surface area contributed by atoms with Crippen molar-refractivity contribution >= 4 is 39.5 Å². The molecule has 1 aromatic rings. The maximum atomic E-state index is 12.0. The first kappa shape index (κ1) is 18.1. The maximum Gasteiger partial charge on any atom is 0.321 e. The first-order valence-corrected chi connectivity index (χ1v) is 8.86. The zero-order valence-electron chi connectivity index (χ0n) is 12.9. The Morgan fingerprint density at radius 3 is 2.65 bits per heavy atom. The lowest BCUT2D eigenvalue weighted by molar-refractivity contribution is -0.126. The summed E-state index contributed by atoms with van der Waals surface area (Å²) < 4.78 is 6.33. The molecule has 1 aliphatic rings. The fraction of sp³-hybridized carbons (Fsp3) is 0.500. The monoisotopic (exact) mass is 402 g/mol. The van der Waals surface area contributed by atoms with Crippen molar-refractivity contribution < 1.29 is 14.3 Å². The number of amides is 3. The second-order valence-electron chi connectivity index (χ2n) is 5.63. The van der Waals surface area contributed by atoms with E-state index in [4.69, 9.17) is 16.3 Å². The molecule has 1 aliphatic carbocycles. The Balaban J connectivity index is 1.83. The van der Waals surface area contributed by atoms with Crippen LogP contribution in [0.3, 0.4) is 0 Å². The Hall–Kier alpha value is -1.27. The lowest BCUT2D eigenvalue weighted by Gasteiger charge is -2.23. The largest absolute Gasteiger partial charge is 0.479 e. The predicted octanol–water partition coefficient (Wildman–Crippen LogP) is 4.03. The van der Waals surface area contributed by atoms with Crippen molar-refractivity contribution in [2.45, 2.75) is 51.2 Å². The second kappa shape index (κ2) is 8.55. The summed E-state index contributed by atoms with van der Waals surface area (Å²) in [5.41, 5.74) is 0. The Labute approximate surface area is 149 Å². The van der Waals surface area contributed by atoms with Gasteiger partial charge in [0.25, 0.3) is 5.91 Å². The summed E-state index contributed by atoms with van der Waals surface area (Å²) in [7, 11) is 0. The summed E-state index contributed by atoms with van der Waals surface area (Å²) in [4.78, 5) is 23.9. The average molecular weight is 404 g/mol. The van der Waals surface area contributed by atoms with Crippen LogP contribution < -0.4 is 15.4 Å². The SMILES string of the molecule is C[C@H](Oc1ccc(Br)cc1Cl)C(=O)NC(=O)NC1CCCCC1. The van der Waals surface area contributed by atoms with Crippen molar-refractivity contribution in [2.24, 2.45) is 0 Å². The van der Waals surface area contributed by atoms with Gasteiger partial charge in [-0.2, -0.15) is 0 Å². The molecule has 0 unspecified atom stereocenters. The molecule has 23 heavy (non-hydrogen) atoms. The maximum absolute atomic E-state index is 12.0. The van der Waals surface area contributed by atoms with E-state index in [0.29, 0.717) is 10.8 Å². The zero-order chi connectivity index (χ0) is 16.8. The van der Waals surface area contributed by atoms with E-state index in [1.54, 1.807) is 25.1 Å². The van der Waals surface area contributed by atoms with E-state index in [1.165, 1.54) is 6.42 Å². The van der Waals surface area contributed by atoms with E-state index in [9.17, 15) is 9.59 Å². The van der Waals surface area contributed by atoms with Gasteiger partial charge in [0, 0.05) is 10.5 Å². The number of benzene rings is 1. The van der Waals surface area contributed by atoms with E-state index in [1.807, 2.05) is 0 Å². The molecule has 1 fully saturated rings. The summed E-state index contributed by atoms with van der Waals surface area (Å²) >= 11 is 9.35. The van der Waals surface area contributed by atoms with Crippen LogP contribution in [0.15, 0.2) is 22.7 Å². The van der Waals surface area contributed by atoms with Crippen molar-refractivity contribution in [1.82, 2.24) is 10.6 Å². The quantitative estimate of drug-likeness (QED) is 0.797. The number of nitrogens with one attached hydrogen (secondary N) is 2. The summed E-state index contributed by atoms with van der Waals surface area (Å²) in [6.45, 7) is 1.57. The van der Waals surface area contributed by atoms with Gasteiger partial charge in [-0.3, -0.25) is 10.1 Å². The van der Waals surface area contributed by atoms with Crippen LogP contribution in [0.25, 0.3) is 0 Å². The van der Waals surface area contributed by atoms with E-state index in [-0.39, 0.29) is 6.04 Å². The van der Waals surface area contributed by atoms with E-state index in [0.717, 1.165) is 30.2 Å². The second-order valence-corrected chi connectivity index (χ2v) is 6.96. The van der Waals surface area contributed by atoms with Crippen molar-refractivity contribution in [1.29, 1.82) is 0 Å². The number of ether oxygens (including phenoxy) is 1. The molecule has 0 saturated heterocycles. The molecule has 0 radical (unpaired) electrons.